The number of rotatable bonds is 4. The van der Waals surface area contributed by atoms with Crippen molar-refractivity contribution in [1.29, 1.82) is 0 Å². The Bertz CT molecular complexity index is 497. The van der Waals surface area contributed by atoms with Crippen molar-refractivity contribution in [3.63, 3.8) is 0 Å². The third-order valence-electron chi connectivity index (χ3n) is 2.46. The Morgan fingerprint density at radius 1 is 1.56 bits per heavy atom. The lowest BCUT2D eigenvalue weighted by Gasteiger charge is -2.09. The number of nitrogens with zero attached hydrogens (tertiary/aromatic N) is 3. The number of hydrogen-bond donors (Lipinski definition) is 1. The van der Waals surface area contributed by atoms with Gasteiger partial charge in [-0.3, -0.25) is 0 Å². The van der Waals surface area contributed by atoms with Gasteiger partial charge in [0.2, 0.25) is 6.39 Å². The minimum atomic E-state index is 0.443. The van der Waals surface area contributed by atoms with Crippen molar-refractivity contribution in [2.75, 3.05) is 0 Å². The van der Waals surface area contributed by atoms with Gasteiger partial charge in [0.1, 0.15) is 0 Å². The number of nitrogens with one attached hydrogen (secondary N) is 1. The molecule has 0 bridgehead atoms. The van der Waals surface area contributed by atoms with Crippen molar-refractivity contribution in [2.24, 2.45) is 0 Å². The molecule has 2 aromatic heterocycles. The number of aromatic nitrogens is 4. The molecule has 86 valence electrons. The fraction of sp³-hybridized carbons (Fsp3) is 0.500. The van der Waals surface area contributed by atoms with Gasteiger partial charge in [-0.15, -0.1) is 0 Å². The standard InChI is InChI=1S/C10H14N4OS/c1-7(2)8-5-11-10(16)14(8)4-3-9-12-6-15-13-9/h5-7H,3-4H2,1-2H3,(H,11,16). The molecule has 0 atom stereocenters. The first-order chi connectivity index (χ1) is 7.68. The molecule has 6 heteroatoms. The van der Waals surface area contributed by atoms with Gasteiger partial charge >= 0.3 is 0 Å². The van der Waals surface area contributed by atoms with Crippen LogP contribution < -0.4 is 0 Å². The van der Waals surface area contributed by atoms with E-state index in [-0.39, 0.29) is 0 Å². The maximum Gasteiger partial charge on any atom is 0.213 e. The van der Waals surface area contributed by atoms with E-state index < -0.39 is 0 Å². The Labute approximate surface area is 98.5 Å². The Balaban J connectivity index is 2.14. The smallest absolute Gasteiger partial charge is 0.213 e. The van der Waals surface area contributed by atoms with Crippen LogP contribution in [0.5, 0.6) is 0 Å². The van der Waals surface area contributed by atoms with Crippen LogP contribution in [-0.2, 0) is 13.0 Å². The van der Waals surface area contributed by atoms with Gasteiger partial charge in [0.05, 0.1) is 0 Å². The van der Waals surface area contributed by atoms with Crippen LogP contribution in [0.1, 0.15) is 31.3 Å². The van der Waals surface area contributed by atoms with E-state index in [4.69, 9.17) is 12.2 Å². The minimum Gasteiger partial charge on any atom is -0.343 e. The summed E-state index contributed by atoms with van der Waals surface area (Å²) in [5.74, 6) is 1.15. The molecule has 0 aliphatic rings. The molecule has 0 amide bonds. The zero-order valence-electron chi connectivity index (χ0n) is 9.30. The number of hydrogen-bond acceptors (Lipinski definition) is 4. The Kier molecular flexibility index (Phi) is 3.19. The predicted molar refractivity (Wildman–Crippen MR) is 61.7 cm³/mol. The van der Waals surface area contributed by atoms with Gasteiger partial charge in [0.15, 0.2) is 10.6 Å². The fourth-order valence-electron chi connectivity index (χ4n) is 1.63. The van der Waals surface area contributed by atoms with Crippen molar-refractivity contribution in [2.45, 2.75) is 32.7 Å². The molecule has 2 aromatic rings. The molecule has 0 aliphatic carbocycles. The minimum absolute atomic E-state index is 0.443. The first-order valence-corrected chi connectivity index (χ1v) is 5.62. The molecule has 0 aromatic carbocycles. The van der Waals surface area contributed by atoms with E-state index >= 15 is 0 Å². The SMILES string of the molecule is CC(C)c1c[nH]c(=S)n1CCc1ncon1. The molecule has 0 saturated heterocycles. The molecule has 0 unspecified atom stereocenters. The summed E-state index contributed by atoms with van der Waals surface area (Å²) in [6.45, 7) is 5.06. The van der Waals surface area contributed by atoms with E-state index in [9.17, 15) is 0 Å². The highest BCUT2D eigenvalue weighted by Crippen LogP contribution is 2.14. The summed E-state index contributed by atoms with van der Waals surface area (Å²) < 4.78 is 7.51. The Hall–Kier alpha value is -1.43. The Morgan fingerprint density at radius 2 is 2.38 bits per heavy atom. The second kappa shape index (κ2) is 4.61. The number of aryl methyl sites for hydroxylation is 1. The summed E-state index contributed by atoms with van der Waals surface area (Å²) in [5, 5.41) is 3.78. The van der Waals surface area contributed by atoms with Gasteiger partial charge in [-0.2, -0.15) is 4.98 Å². The summed E-state index contributed by atoms with van der Waals surface area (Å²) in [6.07, 6.45) is 4.03. The van der Waals surface area contributed by atoms with Gasteiger partial charge < -0.3 is 14.1 Å². The van der Waals surface area contributed by atoms with Gasteiger partial charge in [-0.25, -0.2) is 0 Å². The largest absolute Gasteiger partial charge is 0.343 e. The average Bonchev–Trinajstić information content (AvgIpc) is 2.84. The van der Waals surface area contributed by atoms with Crippen LogP contribution in [0.4, 0.5) is 0 Å². The van der Waals surface area contributed by atoms with E-state index in [0.29, 0.717) is 11.7 Å². The lowest BCUT2D eigenvalue weighted by Crippen LogP contribution is -2.07. The summed E-state index contributed by atoms with van der Waals surface area (Å²) in [4.78, 5) is 7.05. The fourth-order valence-corrected chi connectivity index (χ4v) is 1.89. The third kappa shape index (κ3) is 2.21. The van der Waals surface area contributed by atoms with Crippen LogP contribution in [0.2, 0.25) is 0 Å². The topological polar surface area (TPSA) is 59.6 Å². The van der Waals surface area contributed by atoms with Gasteiger partial charge in [0, 0.05) is 24.9 Å². The highest BCUT2D eigenvalue weighted by atomic mass is 32.1. The Morgan fingerprint density at radius 3 is 3.00 bits per heavy atom. The van der Waals surface area contributed by atoms with Crippen LogP contribution >= 0.6 is 12.2 Å². The maximum atomic E-state index is 5.23. The summed E-state index contributed by atoms with van der Waals surface area (Å²) in [5.41, 5.74) is 1.20. The number of aromatic amines is 1. The molecule has 5 nitrogen and oxygen atoms in total. The van der Waals surface area contributed by atoms with Gasteiger partial charge in [-0.1, -0.05) is 19.0 Å². The van der Waals surface area contributed by atoms with Crippen LogP contribution in [0, 0.1) is 4.77 Å². The first-order valence-electron chi connectivity index (χ1n) is 5.22. The monoisotopic (exact) mass is 238 g/mol. The van der Waals surface area contributed by atoms with Gasteiger partial charge in [0.25, 0.3) is 0 Å². The number of imidazole rings is 1. The molecule has 2 heterocycles. The van der Waals surface area contributed by atoms with E-state index in [1.807, 2.05) is 6.20 Å². The molecule has 0 fully saturated rings. The molecule has 0 aliphatic heterocycles. The molecule has 0 spiro atoms. The summed E-state index contributed by atoms with van der Waals surface area (Å²) in [6, 6.07) is 0. The molecule has 1 N–H and O–H groups in total. The maximum absolute atomic E-state index is 5.23. The first kappa shape index (κ1) is 11.1. The summed E-state index contributed by atoms with van der Waals surface area (Å²) >= 11 is 5.23. The van der Waals surface area contributed by atoms with Crippen LogP contribution in [-0.4, -0.2) is 19.7 Å². The van der Waals surface area contributed by atoms with E-state index in [1.54, 1.807) is 0 Å². The number of H-pyrrole nitrogens is 1. The zero-order chi connectivity index (χ0) is 11.5. The quantitative estimate of drug-likeness (QED) is 0.830. The third-order valence-corrected chi connectivity index (χ3v) is 2.80. The predicted octanol–water partition coefficient (Wildman–Crippen LogP) is 2.29. The molecule has 16 heavy (non-hydrogen) atoms. The average molecular weight is 238 g/mol. The van der Waals surface area contributed by atoms with Gasteiger partial charge in [-0.05, 0) is 18.1 Å². The zero-order valence-corrected chi connectivity index (χ0v) is 10.1. The van der Waals surface area contributed by atoms with Crippen molar-refractivity contribution >= 4 is 12.2 Å². The van der Waals surface area contributed by atoms with E-state index in [1.165, 1.54) is 12.1 Å². The second-order valence-corrected chi connectivity index (χ2v) is 4.31. The highest BCUT2D eigenvalue weighted by molar-refractivity contribution is 7.71. The molecular weight excluding hydrogens is 224 g/mol. The highest BCUT2D eigenvalue weighted by Gasteiger charge is 2.08. The molecular formula is C10H14N4OS. The molecule has 0 saturated carbocycles. The van der Waals surface area contributed by atoms with Crippen LogP contribution in [0.25, 0.3) is 0 Å². The van der Waals surface area contributed by atoms with Crippen LogP contribution in [0.3, 0.4) is 0 Å². The molecule has 0 radical (unpaired) electrons. The van der Waals surface area contributed by atoms with Crippen molar-refractivity contribution in [3.8, 4) is 0 Å². The van der Waals surface area contributed by atoms with Crippen molar-refractivity contribution in [3.05, 3.63) is 28.9 Å². The van der Waals surface area contributed by atoms with E-state index in [2.05, 4.69) is 38.1 Å². The molecule has 2 rings (SSSR count). The van der Waals surface area contributed by atoms with Crippen molar-refractivity contribution in [1.82, 2.24) is 19.7 Å². The van der Waals surface area contributed by atoms with E-state index in [0.717, 1.165) is 17.7 Å². The lowest BCUT2D eigenvalue weighted by molar-refractivity contribution is 0.408. The van der Waals surface area contributed by atoms with Crippen molar-refractivity contribution < 1.29 is 4.52 Å². The normalized spacial score (nSPS) is 11.2. The lowest BCUT2D eigenvalue weighted by atomic mass is 10.1. The summed E-state index contributed by atoms with van der Waals surface area (Å²) in [7, 11) is 0. The van der Waals surface area contributed by atoms with Crippen LogP contribution in [0.15, 0.2) is 17.1 Å². The second-order valence-electron chi connectivity index (χ2n) is 3.92.